The van der Waals surface area contributed by atoms with Crippen LogP contribution in [0.3, 0.4) is 0 Å². The number of ether oxygens (including phenoxy) is 1. The predicted octanol–water partition coefficient (Wildman–Crippen LogP) is 3.25. The number of amides is 1. The first-order chi connectivity index (χ1) is 12.4. The Morgan fingerprint density at radius 3 is 2.58 bits per heavy atom. The lowest BCUT2D eigenvalue weighted by Gasteiger charge is -2.19. The summed E-state index contributed by atoms with van der Waals surface area (Å²) < 4.78 is 16.1. The van der Waals surface area contributed by atoms with E-state index in [-0.39, 0.29) is 12.3 Å². The van der Waals surface area contributed by atoms with Crippen LogP contribution in [0.4, 0.5) is 0 Å². The van der Waals surface area contributed by atoms with Gasteiger partial charge in [0.2, 0.25) is 0 Å². The van der Waals surface area contributed by atoms with Crippen LogP contribution >= 0.6 is 11.6 Å². The van der Waals surface area contributed by atoms with Gasteiger partial charge in [-0.15, -0.1) is 0 Å². The van der Waals surface area contributed by atoms with Crippen LogP contribution in [0.5, 0.6) is 0 Å². The van der Waals surface area contributed by atoms with Crippen LogP contribution < -0.4 is 5.32 Å². The molecule has 1 N–H and O–H groups in total. The third kappa shape index (κ3) is 5.68. The second-order valence-electron chi connectivity index (χ2n) is 5.75. The molecule has 1 amide bonds. The molecule has 138 valence electrons. The third-order valence-corrected chi connectivity index (χ3v) is 4.83. The molecule has 0 bridgehead atoms. The number of benzene rings is 2. The van der Waals surface area contributed by atoms with Crippen molar-refractivity contribution in [2.75, 3.05) is 13.4 Å². The highest BCUT2D eigenvalue weighted by Gasteiger charge is 2.21. The molecule has 5 nitrogen and oxygen atoms in total. The van der Waals surface area contributed by atoms with Gasteiger partial charge in [0.25, 0.3) is 5.91 Å². The van der Waals surface area contributed by atoms with E-state index in [4.69, 9.17) is 16.3 Å². The second kappa shape index (κ2) is 9.50. The van der Waals surface area contributed by atoms with E-state index in [0.717, 1.165) is 5.56 Å². The van der Waals surface area contributed by atoms with Gasteiger partial charge in [-0.25, -0.2) is 0 Å². The summed E-state index contributed by atoms with van der Waals surface area (Å²) >= 11 is 6.22. The van der Waals surface area contributed by atoms with Crippen LogP contribution in [0.25, 0.3) is 0 Å². The van der Waals surface area contributed by atoms with Crippen molar-refractivity contribution >= 4 is 34.3 Å². The monoisotopic (exact) mass is 393 g/mol. The van der Waals surface area contributed by atoms with Gasteiger partial charge >= 0.3 is 5.97 Å². The summed E-state index contributed by atoms with van der Waals surface area (Å²) in [5, 5.41) is 3.29. The summed E-state index contributed by atoms with van der Waals surface area (Å²) in [6.45, 7) is 0. The zero-order valence-electron chi connectivity index (χ0n) is 14.5. The Bertz CT molecular complexity index is 825. The van der Waals surface area contributed by atoms with Crippen molar-refractivity contribution in [3.05, 3.63) is 70.2 Å². The molecule has 2 unspecified atom stereocenters. The van der Waals surface area contributed by atoms with E-state index in [1.54, 1.807) is 48.7 Å². The maximum atomic E-state index is 12.7. The summed E-state index contributed by atoms with van der Waals surface area (Å²) in [5.41, 5.74) is 1.87. The van der Waals surface area contributed by atoms with Crippen molar-refractivity contribution in [3.8, 4) is 0 Å². The predicted molar refractivity (Wildman–Crippen MR) is 103 cm³/mol. The quantitative estimate of drug-likeness (QED) is 0.733. The molecule has 2 rings (SSSR count). The molecule has 7 heteroatoms. The zero-order chi connectivity index (χ0) is 19.1. The molecule has 0 aromatic heterocycles. The molecule has 0 saturated carbocycles. The Balaban J connectivity index is 2.25. The summed E-state index contributed by atoms with van der Waals surface area (Å²) in [5.74, 6) is -0.426. The minimum atomic E-state index is -1.00. The second-order valence-corrected chi connectivity index (χ2v) is 7.59. The number of rotatable bonds is 7. The molecule has 0 heterocycles. The van der Waals surface area contributed by atoms with Gasteiger partial charge in [-0.1, -0.05) is 41.9 Å². The fourth-order valence-electron chi connectivity index (χ4n) is 2.53. The molecule has 0 saturated heterocycles. The maximum absolute atomic E-state index is 12.7. The van der Waals surface area contributed by atoms with Crippen LogP contribution in [-0.2, 0) is 26.1 Å². The minimum Gasteiger partial charge on any atom is -0.469 e. The molecule has 0 aliphatic carbocycles. The topological polar surface area (TPSA) is 72.5 Å². The van der Waals surface area contributed by atoms with Crippen molar-refractivity contribution in [2.24, 2.45) is 0 Å². The van der Waals surface area contributed by atoms with Crippen LogP contribution in [0.15, 0.2) is 48.5 Å². The van der Waals surface area contributed by atoms with Crippen LogP contribution in [0.2, 0.25) is 5.02 Å². The standard InChI is InChI=1S/C19H20ClNO4S/c1-25-18(22)11-17(15-8-3-4-9-16(15)20)21-19(23)14-7-5-6-13(10-14)12-26(2)24/h3-10,17H,11-12H2,1-2H3,(H,21,23). The van der Waals surface area contributed by atoms with E-state index in [2.05, 4.69) is 5.32 Å². The molecule has 2 aromatic carbocycles. The van der Waals surface area contributed by atoms with Gasteiger partial charge in [0.15, 0.2) is 0 Å². The number of carbonyl (C=O) groups is 2. The molecule has 0 aliphatic heterocycles. The Labute approximate surface area is 160 Å². The van der Waals surface area contributed by atoms with Gasteiger partial charge in [-0.3, -0.25) is 13.8 Å². The van der Waals surface area contributed by atoms with Gasteiger partial charge in [0, 0.05) is 33.4 Å². The Kier molecular flexibility index (Phi) is 7.36. The van der Waals surface area contributed by atoms with Gasteiger partial charge in [-0.05, 0) is 29.3 Å². The van der Waals surface area contributed by atoms with Gasteiger partial charge in [0.1, 0.15) is 0 Å². The molecule has 2 aromatic rings. The number of methoxy groups -OCH3 is 1. The van der Waals surface area contributed by atoms with E-state index in [9.17, 15) is 13.8 Å². The number of nitrogens with one attached hydrogen (secondary N) is 1. The summed E-state index contributed by atoms with van der Waals surface area (Å²) in [4.78, 5) is 24.4. The maximum Gasteiger partial charge on any atom is 0.307 e. The lowest BCUT2D eigenvalue weighted by atomic mass is 10.0. The minimum absolute atomic E-state index is 0.0371. The fourth-order valence-corrected chi connectivity index (χ4v) is 3.44. The lowest BCUT2D eigenvalue weighted by Crippen LogP contribution is -2.30. The van der Waals surface area contributed by atoms with E-state index in [1.807, 2.05) is 6.07 Å². The average molecular weight is 394 g/mol. The van der Waals surface area contributed by atoms with E-state index < -0.39 is 22.8 Å². The summed E-state index contributed by atoms with van der Waals surface area (Å²) in [6.07, 6.45) is 1.57. The molecule has 2 atom stereocenters. The third-order valence-electron chi connectivity index (χ3n) is 3.74. The largest absolute Gasteiger partial charge is 0.469 e. The number of esters is 1. The normalized spacial score (nSPS) is 12.9. The number of carbonyl (C=O) groups excluding carboxylic acids is 2. The van der Waals surface area contributed by atoms with Crippen molar-refractivity contribution in [2.45, 2.75) is 18.2 Å². The molecule has 26 heavy (non-hydrogen) atoms. The number of halogens is 1. The van der Waals surface area contributed by atoms with Crippen LogP contribution in [0, 0.1) is 0 Å². The Morgan fingerprint density at radius 1 is 1.19 bits per heavy atom. The molecular weight excluding hydrogens is 374 g/mol. The number of hydrogen-bond acceptors (Lipinski definition) is 4. The van der Waals surface area contributed by atoms with Crippen LogP contribution in [-0.4, -0.2) is 29.5 Å². The molecule has 0 fully saturated rings. The zero-order valence-corrected chi connectivity index (χ0v) is 16.1. The lowest BCUT2D eigenvalue weighted by molar-refractivity contribution is -0.141. The van der Waals surface area contributed by atoms with Gasteiger partial charge in [-0.2, -0.15) is 0 Å². The molecule has 0 spiro atoms. The first kappa shape index (κ1) is 20.1. The highest BCUT2D eigenvalue weighted by atomic mass is 35.5. The fraction of sp³-hybridized carbons (Fsp3) is 0.263. The smallest absolute Gasteiger partial charge is 0.307 e. The summed E-state index contributed by atoms with van der Waals surface area (Å²) in [7, 11) is 0.293. The van der Waals surface area contributed by atoms with E-state index in [1.165, 1.54) is 7.11 Å². The van der Waals surface area contributed by atoms with E-state index in [0.29, 0.717) is 21.9 Å². The van der Waals surface area contributed by atoms with Gasteiger partial charge < -0.3 is 10.1 Å². The first-order valence-electron chi connectivity index (χ1n) is 7.91. The SMILES string of the molecule is COC(=O)CC(NC(=O)c1cccc(CS(C)=O)c1)c1ccccc1Cl. The van der Waals surface area contributed by atoms with Crippen molar-refractivity contribution in [3.63, 3.8) is 0 Å². The number of hydrogen-bond donors (Lipinski definition) is 1. The molecule has 0 radical (unpaired) electrons. The van der Waals surface area contributed by atoms with E-state index >= 15 is 0 Å². The highest BCUT2D eigenvalue weighted by molar-refractivity contribution is 7.83. The molecule has 0 aliphatic rings. The first-order valence-corrected chi connectivity index (χ1v) is 10.0. The average Bonchev–Trinajstić information content (AvgIpc) is 2.61. The van der Waals surface area contributed by atoms with Crippen LogP contribution in [0.1, 0.15) is 33.9 Å². The Morgan fingerprint density at radius 2 is 1.92 bits per heavy atom. The Hall–Kier alpha value is -2.18. The van der Waals surface area contributed by atoms with Crippen molar-refractivity contribution in [1.82, 2.24) is 5.32 Å². The van der Waals surface area contributed by atoms with Crippen molar-refractivity contribution < 1.29 is 18.5 Å². The van der Waals surface area contributed by atoms with Gasteiger partial charge in [0.05, 0.1) is 19.6 Å². The molecular formula is C19H20ClNO4S. The van der Waals surface area contributed by atoms with Crippen molar-refractivity contribution in [1.29, 1.82) is 0 Å². The summed E-state index contributed by atoms with van der Waals surface area (Å²) in [6, 6.07) is 13.3. The highest BCUT2D eigenvalue weighted by Crippen LogP contribution is 2.26.